The highest BCUT2D eigenvalue weighted by molar-refractivity contribution is 5.84. The van der Waals surface area contributed by atoms with Crippen molar-refractivity contribution in [3.05, 3.63) is 54.2 Å². The number of hydrogen-bond acceptors (Lipinski definition) is 9. The number of benzene rings is 1. The van der Waals surface area contributed by atoms with Crippen molar-refractivity contribution < 1.29 is 23.4 Å². The van der Waals surface area contributed by atoms with Crippen LogP contribution in [0.4, 0.5) is 20.3 Å². The van der Waals surface area contributed by atoms with Crippen LogP contribution in [0.1, 0.15) is 18.4 Å². The first kappa shape index (κ1) is 24.0. The highest BCUT2D eigenvalue weighted by Gasteiger charge is 2.62. The molecule has 1 aromatic carbocycles. The number of carboxylic acid groups (broad SMARTS) is 1. The van der Waals surface area contributed by atoms with Crippen molar-refractivity contribution in [3.63, 3.8) is 0 Å². The van der Waals surface area contributed by atoms with Gasteiger partial charge in [0.1, 0.15) is 23.2 Å². The molecule has 3 aliphatic rings. The number of anilines is 2. The standard InChI is InChI=1S/C25H24F2N8O3/c1-38-19-7-15(26)14(6-16(19)27)17-4-12(9-34-11-33-21-22(28)31-10-32-23(21)34)18(8-30-17)35-3-2-13-5-20(35)25(13,29)24(36)37/h4,6-8,10-11,13,20H,2-3,5,9,29H2,1H3,(H,36,37)(H2,28,31,32)/t13?,20?,25-/m1/s1. The minimum absolute atomic E-state index is 0.0424. The Balaban J connectivity index is 1.47. The summed E-state index contributed by atoms with van der Waals surface area (Å²) in [6.07, 6.45) is 5.69. The molecule has 11 nitrogen and oxygen atoms in total. The molecule has 2 unspecified atom stereocenters. The average Bonchev–Trinajstić information content (AvgIpc) is 3.32. The third-order valence-corrected chi connectivity index (χ3v) is 7.76. The first-order valence-electron chi connectivity index (χ1n) is 11.9. The highest BCUT2D eigenvalue weighted by atomic mass is 19.1. The minimum atomic E-state index is -1.37. The molecule has 38 heavy (non-hydrogen) atoms. The molecule has 3 fully saturated rings. The number of fused-ring (bicyclic) bond motifs is 3. The maximum absolute atomic E-state index is 15.0. The summed E-state index contributed by atoms with van der Waals surface area (Å²) in [5.41, 5.74) is 13.3. The van der Waals surface area contributed by atoms with Gasteiger partial charge in [0.05, 0.1) is 43.6 Å². The molecule has 5 heterocycles. The van der Waals surface area contributed by atoms with Crippen LogP contribution in [0.25, 0.3) is 22.4 Å². The van der Waals surface area contributed by atoms with Crippen molar-refractivity contribution in [2.75, 3.05) is 24.3 Å². The Labute approximate surface area is 215 Å². The number of methoxy groups -OCH3 is 1. The van der Waals surface area contributed by atoms with Crippen LogP contribution < -0.4 is 21.1 Å². The van der Waals surface area contributed by atoms with E-state index in [2.05, 4.69) is 19.9 Å². The number of imidazole rings is 1. The lowest BCUT2D eigenvalue weighted by atomic mass is 9.58. The fourth-order valence-corrected chi connectivity index (χ4v) is 5.67. The number of nitrogens with two attached hydrogens (primary N) is 2. The van der Waals surface area contributed by atoms with Gasteiger partial charge in [-0.2, -0.15) is 0 Å². The van der Waals surface area contributed by atoms with Crippen LogP contribution in [0.3, 0.4) is 0 Å². The average molecular weight is 523 g/mol. The Morgan fingerprint density at radius 1 is 1.21 bits per heavy atom. The van der Waals surface area contributed by atoms with Crippen molar-refractivity contribution in [3.8, 4) is 17.0 Å². The zero-order chi connectivity index (χ0) is 26.8. The number of pyridine rings is 1. The summed E-state index contributed by atoms with van der Waals surface area (Å²) in [4.78, 5) is 31.1. The van der Waals surface area contributed by atoms with Gasteiger partial charge in [0.15, 0.2) is 23.0 Å². The number of hydrogen-bond donors (Lipinski definition) is 3. The van der Waals surface area contributed by atoms with E-state index in [1.807, 2.05) is 4.90 Å². The quantitative estimate of drug-likeness (QED) is 0.343. The Morgan fingerprint density at radius 3 is 2.76 bits per heavy atom. The van der Waals surface area contributed by atoms with E-state index in [1.54, 1.807) is 23.2 Å². The number of rotatable bonds is 6. The second-order valence-electron chi connectivity index (χ2n) is 9.64. The number of halogens is 2. The molecule has 3 aromatic heterocycles. The van der Waals surface area contributed by atoms with Gasteiger partial charge in [0.25, 0.3) is 0 Å². The summed E-state index contributed by atoms with van der Waals surface area (Å²) in [7, 11) is 1.26. The van der Waals surface area contributed by atoms with Crippen LogP contribution in [0.2, 0.25) is 0 Å². The summed E-state index contributed by atoms with van der Waals surface area (Å²) in [5, 5.41) is 9.88. The van der Waals surface area contributed by atoms with Gasteiger partial charge in [-0.15, -0.1) is 0 Å². The summed E-state index contributed by atoms with van der Waals surface area (Å²) in [6.45, 7) is 0.802. The Kier molecular flexibility index (Phi) is 5.42. The van der Waals surface area contributed by atoms with E-state index in [1.165, 1.54) is 13.4 Å². The van der Waals surface area contributed by atoms with Gasteiger partial charge in [0.2, 0.25) is 0 Å². The molecular weight excluding hydrogens is 498 g/mol. The molecule has 2 aliphatic heterocycles. The highest BCUT2D eigenvalue weighted by Crippen LogP contribution is 2.49. The van der Waals surface area contributed by atoms with Crippen molar-refractivity contribution >= 4 is 28.6 Å². The van der Waals surface area contributed by atoms with Crippen molar-refractivity contribution in [2.45, 2.75) is 31.0 Å². The third kappa shape index (κ3) is 3.45. The van der Waals surface area contributed by atoms with E-state index in [0.717, 1.165) is 12.1 Å². The third-order valence-electron chi connectivity index (χ3n) is 7.76. The molecular formula is C25H24F2N8O3. The SMILES string of the molecule is COc1cc(F)c(-c2cc(Cn3cnc4c(N)ncnc43)c(N3CCC4CC3[C@@]4(N)C(=O)O)cn2)cc1F. The topological polar surface area (TPSA) is 158 Å². The normalized spacial score (nSPS) is 22.4. The van der Waals surface area contributed by atoms with Gasteiger partial charge in [-0.1, -0.05) is 0 Å². The number of ether oxygens (including phenoxy) is 1. The molecule has 0 amide bonds. The molecule has 13 heteroatoms. The van der Waals surface area contributed by atoms with Crippen LogP contribution in [0.15, 0.2) is 37.1 Å². The second kappa shape index (κ2) is 8.58. The van der Waals surface area contributed by atoms with Gasteiger partial charge in [0, 0.05) is 18.2 Å². The predicted octanol–water partition coefficient (Wildman–Crippen LogP) is 2.19. The molecule has 4 aromatic rings. The maximum atomic E-state index is 15.0. The van der Waals surface area contributed by atoms with Gasteiger partial charge in [-0.05, 0) is 36.5 Å². The fourth-order valence-electron chi connectivity index (χ4n) is 5.67. The number of piperidine rings is 2. The van der Waals surface area contributed by atoms with Gasteiger partial charge in [-0.3, -0.25) is 9.78 Å². The van der Waals surface area contributed by atoms with Gasteiger partial charge < -0.3 is 30.8 Å². The molecule has 5 N–H and O–H groups in total. The number of carbonyl (C=O) groups is 1. The van der Waals surface area contributed by atoms with Crippen LogP contribution in [0.5, 0.6) is 5.75 Å². The van der Waals surface area contributed by atoms with Gasteiger partial charge in [-0.25, -0.2) is 23.7 Å². The van der Waals surface area contributed by atoms with E-state index < -0.39 is 29.2 Å². The van der Waals surface area contributed by atoms with Crippen LogP contribution in [0, 0.1) is 17.6 Å². The Morgan fingerprint density at radius 2 is 2.03 bits per heavy atom. The molecule has 0 radical (unpaired) electrons. The molecule has 3 atom stereocenters. The molecule has 0 spiro atoms. The Hall–Kier alpha value is -4.39. The minimum Gasteiger partial charge on any atom is -0.494 e. The summed E-state index contributed by atoms with van der Waals surface area (Å²) >= 11 is 0. The van der Waals surface area contributed by atoms with Crippen LogP contribution >= 0.6 is 0 Å². The smallest absolute Gasteiger partial charge is 0.326 e. The summed E-state index contributed by atoms with van der Waals surface area (Å²) < 4.78 is 36.1. The molecule has 2 saturated heterocycles. The second-order valence-corrected chi connectivity index (χ2v) is 9.64. The van der Waals surface area contributed by atoms with Crippen molar-refractivity contribution in [1.82, 2.24) is 24.5 Å². The van der Waals surface area contributed by atoms with E-state index in [4.69, 9.17) is 16.2 Å². The first-order chi connectivity index (χ1) is 18.2. The number of carboxylic acids is 1. The first-order valence-corrected chi connectivity index (χ1v) is 11.9. The summed E-state index contributed by atoms with van der Waals surface area (Å²) in [6, 6.07) is 3.22. The molecule has 1 saturated carbocycles. The zero-order valence-electron chi connectivity index (χ0n) is 20.3. The lowest BCUT2D eigenvalue weighted by Crippen LogP contribution is -2.78. The Bertz CT molecular complexity index is 1590. The van der Waals surface area contributed by atoms with Crippen molar-refractivity contribution in [2.24, 2.45) is 11.7 Å². The number of nitrogen functional groups attached to an aromatic ring is 1. The van der Waals surface area contributed by atoms with E-state index >= 15 is 0 Å². The fraction of sp³-hybridized carbons (Fsp3) is 0.320. The lowest BCUT2D eigenvalue weighted by Gasteiger charge is -2.60. The van der Waals surface area contributed by atoms with Gasteiger partial charge >= 0.3 is 5.97 Å². The number of nitrogens with zero attached hydrogens (tertiary/aromatic N) is 6. The molecule has 196 valence electrons. The monoisotopic (exact) mass is 522 g/mol. The number of aromatic nitrogens is 5. The van der Waals surface area contributed by atoms with Crippen LogP contribution in [-0.4, -0.2) is 60.8 Å². The molecule has 1 aliphatic carbocycles. The van der Waals surface area contributed by atoms with Crippen molar-refractivity contribution in [1.29, 1.82) is 0 Å². The van der Waals surface area contributed by atoms with E-state index in [9.17, 15) is 18.7 Å². The molecule has 2 bridgehead atoms. The molecule has 7 rings (SSSR count). The van der Waals surface area contributed by atoms with Crippen LogP contribution in [-0.2, 0) is 11.3 Å². The largest absolute Gasteiger partial charge is 0.494 e. The predicted molar refractivity (Wildman–Crippen MR) is 133 cm³/mol. The zero-order valence-corrected chi connectivity index (χ0v) is 20.3. The van der Waals surface area contributed by atoms with E-state index in [-0.39, 0.29) is 35.3 Å². The number of aliphatic carboxylic acids is 1. The van der Waals surface area contributed by atoms with E-state index in [0.29, 0.717) is 41.8 Å². The lowest BCUT2D eigenvalue weighted by molar-refractivity contribution is -0.154. The summed E-state index contributed by atoms with van der Waals surface area (Å²) in [5.74, 6) is -2.56. The maximum Gasteiger partial charge on any atom is 0.326 e.